The minimum atomic E-state index is -0.876. The summed E-state index contributed by atoms with van der Waals surface area (Å²) in [5.41, 5.74) is 3.70. The molecule has 1 amide bonds. The first-order chi connectivity index (χ1) is 12.9. The number of likely N-dealkylation sites (tertiary alicyclic amines) is 1. The summed E-state index contributed by atoms with van der Waals surface area (Å²) in [5, 5.41) is 14.1. The highest BCUT2D eigenvalue weighted by molar-refractivity contribution is 5.97. The Hall–Kier alpha value is -2.63. The van der Waals surface area contributed by atoms with Gasteiger partial charge in [-0.25, -0.2) is 4.79 Å². The highest BCUT2D eigenvalue weighted by Crippen LogP contribution is 2.42. The lowest BCUT2D eigenvalue weighted by Crippen LogP contribution is -2.43. The van der Waals surface area contributed by atoms with Crippen LogP contribution in [0.25, 0.3) is 0 Å². The first-order valence-corrected chi connectivity index (χ1v) is 9.58. The normalized spacial score (nSPS) is 24.2. The summed E-state index contributed by atoms with van der Waals surface area (Å²) in [7, 11) is 0. The van der Waals surface area contributed by atoms with Crippen LogP contribution in [0.1, 0.15) is 46.6 Å². The van der Waals surface area contributed by atoms with E-state index in [0.717, 1.165) is 36.2 Å². The molecule has 1 aromatic carbocycles. The van der Waals surface area contributed by atoms with Crippen molar-refractivity contribution in [1.82, 2.24) is 14.7 Å². The molecule has 1 aromatic heterocycles. The summed E-state index contributed by atoms with van der Waals surface area (Å²) < 4.78 is 1.94. The van der Waals surface area contributed by atoms with E-state index in [1.165, 1.54) is 0 Å². The van der Waals surface area contributed by atoms with Crippen LogP contribution >= 0.6 is 0 Å². The molecule has 2 aliphatic rings. The van der Waals surface area contributed by atoms with E-state index in [-0.39, 0.29) is 11.8 Å². The number of carbonyl (C=O) groups excluding carboxylic acids is 1. The van der Waals surface area contributed by atoms with Crippen LogP contribution in [0.15, 0.2) is 30.3 Å². The second kappa shape index (κ2) is 6.83. The standard InChI is InChI=1S/C21H25N3O3/c1-13-10-14(2)24(22-13)11-15-6-8-16(9-7-15)20(25)23-12-17-4-3-5-18(17)19(23)21(26)27/h6-10,17-19H,3-5,11-12H2,1-2H3,(H,26,27). The number of aromatic nitrogens is 2. The molecule has 2 heterocycles. The number of fused-ring (bicyclic) bond motifs is 1. The first-order valence-electron chi connectivity index (χ1n) is 9.58. The number of carbonyl (C=O) groups is 2. The molecule has 142 valence electrons. The summed E-state index contributed by atoms with van der Waals surface area (Å²) in [6, 6.07) is 8.81. The van der Waals surface area contributed by atoms with Gasteiger partial charge in [0.2, 0.25) is 0 Å². The number of nitrogens with zero attached hydrogens (tertiary/aromatic N) is 3. The van der Waals surface area contributed by atoms with E-state index in [1.54, 1.807) is 17.0 Å². The van der Waals surface area contributed by atoms with E-state index in [1.807, 2.05) is 36.7 Å². The zero-order chi connectivity index (χ0) is 19.1. The molecule has 1 aliphatic heterocycles. The van der Waals surface area contributed by atoms with Crippen molar-refractivity contribution >= 4 is 11.9 Å². The molecular formula is C21H25N3O3. The van der Waals surface area contributed by atoms with E-state index in [2.05, 4.69) is 5.10 Å². The van der Waals surface area contributed by atoms with Crippen LogP contribution in [0.4, 0.5) is 0 Å². The van der Waals surface area contributed by atoms with Crippen molar-refractivity contribution in [3.05, 3.63) is 52.8 Å². The minimum Gasteiger partial charge on any atom is -0.480 e. The van der Waals surface area contributed by atoms with Crippen LogP contribution in [0, 0.1) is 25.7 Å². The lowest BCUT2D eigenvalue weighted by atomic mass is 9.94. The quantitative estimate of drug-likeness (QED) is 0.902. The van der Waals surface area contributed by atoms with Gasteiger partial charge in [0.15, 0.2) is 0 Å². The van der Waals surface area contributed by atoms with Gasteiger partial charge in [-0.1, -0.05) is 18.6 Å². The molecule has 0 spiro atoms. The number of carboxylic acid groups (broad SMARTS) is 1. The summed E-state index contributed by atoms with van der Waals surface area (Å²) in [5.74, 6) is -0.606. The fraction of sp³-hybridized carbons (Fsp3) is 0.476. The molecule has 1 aliphatic carbocycles. The van der Waals surface area contributed by atoms with Gasteiger partial charge in [-0.05, 0) is 62.3 Å². The van der Waals surface area contributed by atoms with Crippen molar-refractivity contribution in [3.8, 4) is 0 Å². The SMILES string of the molecule is Cc1cc(C)n(Cc2ccc(C(=O)N3CC4CCCC4C3C(=O)O)cc2)n1. The van der Waals surface area contributed by atoms with Gasteiger partial charge in [0, 0.05) is 17.8 Å². The second-order valence-electron chi connectivity index (χ2n) is 7.88. The minimum absolute atomic E-state index is 0.108. The topological polar surface area (TPSA) is 75.4 Å². The van der Waals surface area contributed by atoms with Gasteiger partial charge in [-0.2, -0.15) is 5.10 Å². The molecule has 0 radical (unpaired) electrons. The molecule has 3 atom stereocenters. The molecule has 6 heteroatoms. The number of hydrogen-bond acceptors (Lipinski definition) is 3. The largest absolute Gasteiger partial charge is 0.480 e. The van der Waals surface area contributed by atoms with Gasteiger partial charge in [0.25, 0.3) is 5.91 Å². The van der Waals surface area contributed by atoms with Gasteiger partial charge in [0.1, 0.15) is 6.04 Å². The number of rotatable bonds is 4. The molecule has 1 saturated carbocycles. The Kier molecular flexibility index (Phi) is 4.50. The molecule has 0 bridgehead atoms. The fourth-order valence-corrected chi connectivity index (χ4v) is 4.76. The maximum absolute atomic E-state index is 13.0. The number of hydrogen-bond donors (Lipinski definition) is 1. The van der Waals surface area contributed by atoms with Crippen LogP contribution in [0.2, 0.25) is 0 Å². The third-order valence-corrected chi connectivity index (χ3v) is 6.04. The third kappa shape index (κ3) is 3.24. The van der Waals surface area contributed by atoms with E-state index >= 15 is 0 Å². The predicted octanol–water partition coefficient (Wildman–Crippen LogP) is 2.87. The third-order valence-electron chi connectivity index (χ3n) is 6.04. The molecule has 1 N–H and O–H groups in total. The number of aryl methyl sites for hydroxylation is 2. The zero-order valence-electron chi connectivity index (χ0n) is 15.8. The molecular weight excluding hydrogens is 342 g/mol. The van der Waals surface area contributed by atoms with E-state index < -0.39 is 12.0 Å². The number of aliphatic carboxylic acids is 1. The Morgan fingerprint density at radius 2 is 1.93 bits per heavy atom. The van der Waals surface area contributed by atoms with Crippen molar-refractivity contribution in [2.24, 2.45) is 11.8 Å². The average Bonchev–Trinajstić information content (AvgIpc) is 3.29. The van der Waals surface area contributed by atoms with Gasteiger partial charge in [0.05, 0.1) is 12.2 Å². The molecule has 27 heavy (non-hydrogen) atoms. The van der Waals surface area contributed by atoms with Crippen molar-refractivity contribution in [2.75, 3.05) is 6.54 Å². The Morgan fingerprint density at radius 3 is 2.56 bits per heavy atom. The van der Waals surface area contributed by atoms with Crippen LogP contribution in [0.3, 0.4) is 0 Å². The lowest BCUT2D eigenvalue weighted by molar-refractivity contribution is -0.142. The molecule has 2 fully saturated rings. The monoisotopic (exact) mass is 367 g/mol. The lowest BCUT2D eigenvalue weighted by Gasteiger charge is -2.24. The number of amides is 1. The van der Waals surface area contributed by atoms with Gasteiger partial charge < -0.3 is 10.0 Å². The maximum Gasteiger partial charge on any atom is 0.326 e. The first kappa shape index (κ1) is 17.8. The van der Waals surface area contributed by atoms with Crippen molar-refractivity contribution in [2.45, 2.75) is 45.7 Å². The molecule has 4 rings (SSSR count). The second-order valence-corrected chi connectivity index (χ2v) is 7.88. The number of benzene rings is 1. The summed E-state index contributed by atoms with van der Waals surface area (Å²) >= 11 is 0. The molecule has 6 nitrogen and oxygen atoms in total. The Morgan fingerprint density at radius 1 is 1.19 bits per heavy atom. The summed E-state index contributed by atoms with van der Waals surface area (Å²) in [6.45, 7) is 5.21. The summed E-state index contributed by atoms with van der Waals surface area (Å²) in [4.78, 5) is 26.3. The molecule has 2 aromatic rings. The smallest absolute Gasteiger partial charge is 0.326 e. The highest BCUT2D eigenvalue weighted by Gasteiger charge is 2.49. The van der Waals surface area contributed by atoms with E-state index in [0.29, 0.717) is 24.6 Å². The van der Waals surface area contributed by atoms with Gasteiger partial charge in [-0.15, -0.1) is 0 Å². The van der Waals surface area contributed by atoms with Crippen molar-refractivity contribution in [3.63, 3.8) is 0 Å². The van der Waals surface area contributed by atoms with E-state index in [4.69, 9.17) is 0 Å². The fourth-order valence-electron chi connectivity index (χ4n) is 4.76. The van der Waals surface area contributed by atoms with Gasteiger partial charge in [-0.3, -0.25) is 9.48 Å². The molecule has 1 saturated heterocycles. The van der Waals surface area contributed by atoms with Gasteiger partial charge >= 0.3 is 5.97 Å². The Bertz CT molecular complexity index is 871. The Balaban J connectivity index is 1.51. The number of carboxylic acids is 1. The van der Waals surface area contributed by atoms with Crippen LogP contribution in [0.5, 0.6) is 0 Å². The van der Waals surface area contributed by atoms with Crippen LogP contribution in [-0.4, -0.2) is 44.3 Å². The average molecular weight is 367 g/mol. The Labute approximate surface area is 158 Å². The maximum atomic E-state index is 13.0. The zero-order valence-corrected chi connectivity index (χ0v) is 15.8. The highest BCUT2D eigenvalue weighted by atomic mass is 16.4. The summed E-state index contributed by atoms with van der Waals surface area (Å²) in [6.07, 6.45) is 3.01. The van der Waals surface area contributed by atoms with Crippen LogP contribution < -0.4 is 0 Å². The van der Waals surface area contributed by atoms with E-state index in [9.17, 15) is 14.7 Å². The predicted molar refractivity (Wildman–Crippen MR) is 101 cm³/mol. The van der Waals surface area contributed by atoms with Crippen LogP contribution in [-0.2, 0) is 11.3 Å². The molecule has 3 unspecified atom stereocenters. The van der Waals surface area contributed by atoms with Crippen molar-refractivity contribution in [1.29, 1.82) is 0 Å². The van der Waals surface area contributed by atoms with Crippen molar-refractivity contribution < 1.29 is 14.7 Å².